The summed E-state index contributed by atoms with van der Waals surface area (Å²) in [7, 11) is 0. The topological polar surface area (TPSA) is 20.2 Å². The molecule has 1 nitrogen and oxygen atoms in total. The van der Waals surface area contributed by atoms with Crippen LogP contribution in [0.3, 0.4) is 0 Å². The lowest BCUT2D eigenvalue weighted by atomic mass is 10.1. The highest BCUT2D eigenvalue weighted by Crippen LogP contribution is 2.28. The molecule has 1 aromatic carbocycles. The summed E-state index contributed by atoms with van der Waals surface area (Å²) in [6.45, 7) is 6.41. The predicted molar refractivity (Wildman–Crippen MR) is 78.4 cm³/mol. The van der Waals surface area contributed by atoms with Crippen molar-refractivity contribution < 1.29 is 5.11 Å². The minimum atomic E-state index is -0.393. The SMILES string of the molecule is CC(C)(C)SCC(O)Cc1cccc(Cl)c1Cl. The van der Waals surface area contributed by atoms with Crippen molar-refractivity contribution in [3.63, 3.8) is 0 Å². The highest BCUT2D eigenvalue weighted by Gasteiger charge is 2.15. The highest BCUT2D eigenvalue weighted by molar-refractivity contribution is 8.00. The molecule has 0 heterocycles. The Balaban J connectivity index is 2.56. The lowest BCUT2D eigenvalue weighted by Crippen LogP contribution is -2.19. The smallest absolute Gasteiger partial charge is 0.0671 e. The number of hydrogen-bond donors (Lipinski definition) is 1. The number of halogens is 2. The fourth-order valence-corrected chi connectivity index (χ4v) is 2.57. The van der Waals surface area contributed by atoms with E-state index in [1.54, 1.807) is 17.8 Å². The number of thioether (sulfide) groups is 1. The van der Waals surface area contributed by atoms with Gasteiger partial charge in [0.15, 0.2) is 0 Å². The zero-order chi connectivity index (χ0) is 13.1. The Hall–Kier alpha value is 0.110. The van der Waals surface area contributed by atoms with E-state index in [2.05, 4.69) is 20.8 Å². The molecule has 1 atom stereocenters. The molecular weight excluding hydrogens is 275 g/mol. The van der Waals surface area contributed by atoms with Crippen molar-refractivity contribution in [1.82, 2.24) is 0 Å². The second-order valence-corrected chi connectivity index (χ2v) is 7.63. The second-order valence-electron chi connectivity index (χ2n) is 4.99. The molecule has 0 radical (unpaired) electrons. The average Bonchev–Trinajstić information content (AvgIpc) is 2.21. The van der Waals surface area contributed by atoms with E-state index in [0.717, 1.165) is 5.56 Å². The van der Waals surface area contributed by atoms with Gasteiger partial charge in [0.2, 0.25) is 0 Å². The minimum absolute atomic E-state index is 0.166. The Kier molecular flexibility index (Phi) is 5.65. The first-order valence-corrected chi connectivity index (χ1v) is 7.28. The molecule has 4 heteroatoms. The van der Waals surface area contributed by atoms with Gasteiger partial charge in [-0.1, -0.05) is 56.1 Å². The van der Waals surface area contributed by atoms with E-state index in [9.17, 15) is 5.11 Å². The third kappa shape index (κ3) is 5.52. The standard InChI is InChI=1S/C13H18Cl2OS/c1-13(2,3)17-8-10(16)7-9-5-4-6-11(14)12(9)15/h4-6,10,16H,7-8H2,1-3H3. The first-order valence-electron chi connectivity index (χ1n) is 5.54. The van der Waals surface area contributed by atoms with Gasteiger partial charge in [0.1, 0.15) is 0 Å². The van der Waals surface area contributed by atoms with Crippen molar-refractivity contribution in [3.05, 3.63) is 33.8 Å². The van der Waals surface area contributed by atoms with Crippen molar-refractivity contribution in [2.75, 3.05) is 5.75 Å². The molecule has 0 saturated heterocycles. The van der Waals surface area contributed by atoms with Crippen LogP contribution in [0.15, 0.2) is 18.2 Å². The van der Waals surface area contributed by atoms with Crippen LogP contribution in [-0.2, 0) is 6.42 Å². The van der Waals surface area contributed by atoms with Crippen LogP contribution < -0.4 is 0 Å². The van der Waals surface area contributed by atoms with E-state index >= 15 is 0 Å². The Labute approximate surface area is 118 Å². The largest absolute Gasteiger partial charge is 0.392 e. The third-order valence-corrected chi connectivity index (χ3v) is 4.47. The summed E-state index contributed by atoms with van der Waals surface area (Å²) in [4.78, 5) is 0. The van der Waals surface area contributed by atoms with Crippen molar-refractivity contribution in [1.29, 1.82) is 0 Å². The summed E-state index contributed by atoms with van der Waals surface area (Å²) in [6, 6.07) is 5.51. The first kappa shape index (κ1) is 15.2. The summed E-state index contributed by atoms with van der Waals surface area (Å²) >= 11 is 13.8. The van der Waals surface area contributed by atoms with Crippen LogP contribution in [0.5, 0.6) is 0 Å². The van der Waals surface area contributed by atoms with Gasteiger partial charge in [0.05, 0.1) is 16.1 Å². The van der Waals surface area contributed by atoms with Crippen molar-refractivity contribution >= 4 is 35.0 Å². The van der Waals surface area contributed by atoms with Crippen LogP contribution in [0.1, 0.15) is 26.3 Å². The van der Waals surface area contributed by atoms with Crippen LogP contribution in [0.2, 0.25) is 10.0 Å². The van der Waals surface area contributed by atoms with E-state index in [-0.39, 0.29) is 4.75 Å². The van der Waals surface area contributed by atoms with Gasteiger partial charge in [-0.25, -0.2) is 0 Å². The van der Waals surface area contributed by atoms with Gasteiger partial charge in [-0.15, -0.1) is 0 Å². The zero-order valence-electron chi connectivity index (χ0n) is 10.3. The van der Waals surface area contributed by atoms with Gasteiger partial charge in [-0.2, -0.15) is 11.8 Å². The second kappa shape index (κ2) is 6.33. The van der Waals surface area contributed by atoms with E-state index in [4.69, 9.17) is 23.2 Å². The van der Waals surface area contributed by atoms with E-state index in [0.29, 0.717) is 22.2 Å². The van der Waals surface area contributed by atoms with Gasteiger partial charge < -0.3 is 5.11 Å². The third-order valence-electron chi connectivity index (χ3n) is 2.20. The fraction of sp³-hybridized carbons (Fsp3) is 0.538. The molecule has 0 aliphatic heterocycles. The van der Waals surface area contributed by atoms with Gasteiger partial charge in [0, 0.05) is 16.9 Å². The maximum absolute atomic E-state index is 9.96. The molecule has 0 spiro atoms. The Morgan fingerprint density at radius 1 is 1.29 bits per heavy atom. The van der Waals surface area contributed by atoms with Crippen LogP contribution in [0.25, 0.3) is 0 Å². The first-order chi connectivity index (χ1) is 7.79. The molecule has 0 aliphatic rings. The van der Waals surface area contributed by atoms with E-state index in [1.165, 1.54) is 0 Å². The zero-order valence-corrected chi connectivity index (χ0v) is 12.7. The van der Waals surface area contributed by atoms with Gasteiger partial charge in [0.25, 0.3) is 0 Å². The number of benzene rings is 1. The summed E-state index contributed by atoms with van der Waals surface area (Å²) in [5, 5.41) is 11.1. The molecular formula is C13H18Cl2OS. The number of hydrogen-bond acceptors (Lipinski definition) is 2. The van der Waals surface area contributed by atoms with Gasteiger partial charge >= 0.3 is 0 Å². The summed E-state index contributed by atoms with van der Waals surface area (Å²) in [6.07, 6.45) is 0.151. The summed E-state index contributed by atoms with van der Waals surface area (Å²) in [5.74, 6) is 0.701. The summed E-state index contributed by atoms with van der Waals surface area (Å²) < 4.78 is 0.166. The van der Waals surface area contributed by atoms with Gasteiger partial charge in [-0.3, -0.25) is 0 Å². The van der Waals surface area contributed by atoms with E-state index in [1.807, 2.05) is 12.1 Å². The molecule has 0 saturated carbocycles. The summed E-state index contributed by atoms with van der Waals surface area (Å²) in [5.41, 5.74) is 0.904. The lowest BCUT2D eigenvalue weighted by Gasteiger charge is -2.20. The predicted octanol–water partition coefficient (Wildman–Crippen LogP) is 4.43. The average molecular weight is 293 g/mol. The molecule has 0 fully saturated rings. The molecule has 0 aliphatic carbocycles. The number of aliphatic hydroxyl groups is 1. The molecule has 0 bridgehead atoms. The Morgan fingerprint density at radius 2 is 1.94 bits per heavy atom. The van der Waals surface area contributed by atoms with Crippen LogP contribution in [-0.4, -0.2) is 21.7 Å². The molecule has 96 valence electrons. The quantitative estimate of drug-likeness (QED) is 0.886. The highest BCUT2D eigenvalue weighted by atomic mass is 35.5. The lowest BCUT2D eigenvalue weighted by molar-refractivity contribution is 0.200. The minimum Gasteiger partial charge on any atom is -0.392 e. The van der Waals surface area contributed by atoms with Crippen LogP contribution >= 0.6 is 35.0 Å². The normalized spacial score (nSPS) is 13.8. The molecule has 1 aromatic rings. The molecule has 1 unspecified atom stereocenters. The Morgan fingerprint density at radius 3 is 2.53 bits per heavy atom. The van der Waals surface area contributed by atoms with Crippen molar-refractivity contribution in [2.24, 2.45) is 0 Å². The van der Waals surface area contributed by atoms with Gasteiger partial charge in [-0.05, 0) is 11.6 Å². The maximum Gasteiger partial charge on any atom is 0.0671 e. The van der Waals surface area contributed by atoms with E-state index < -0.39 is 6.10 Å². The molecule has 17 heavy (non-hydrogen) atoms. The number of aliphatic hydroxyl groups excluding tert-OH is 1. The molecule has 1 rings (SSSR count). The number of rotatable bonds is 4. The maximum atomic E-state index is 9.96. The van der Waals surface area contributed by atoms with Crippen LogP contribution in [0, 0.1) is 0 Å². The molecule has 1 N–H and O–H groups in total. The van der Waals surface area contributed by atoms with Crippen molar-refractivity contribution in [3.8, 4) is 0 Å². The van der Waals surface area contributed by atoms with Crippen LogP contribution in [0.4, 0.5) is 0 Å². The van der Waals surface area contributed by atoms with Crippen molar-refractivity contribution in [2.45, 2.75) is 38.0 Å². The molecule has 0 aromatic heterocycles. The monoisotopic (exact) mass is 292 g/mol. The Bertz CT molecular complexity index is 374. The fourth-order valence-electron chi connectivity index (χ4n) is 1.37. The molecule has 0 amide bonds.